The number of thioether (sulfide) groups is 1. The number of anilines is 1. The first-order valence-electron chi connectivity index (χ1n) is 9.36. The SMILES string of the molecule is COc1cccc(CSc2nnc(N3CCOCC3)n2-c2ccccc2C)c1. The van der Waals surface area contributed by atoms with Gasteiger partial charge in [0, 0.05) is 18.8 Å². The zero-order chi connectivity index (χ0) is 19.3. The lowest BCUT2D eigenvalue weighted by Gasteiger charge is -2.28. The first-order chi connectivity index (χ1) is 13.8. The summed E-state index contributed by atoms with van der Waals surface area (Å²) in [6.45, 7) is 5.20. The van der Waals surface area contributed by atoms with E-state index in [-0.39, 0.29) is 0 Å². The van der Waals surface area contributed by atoms with Crippen molar-refractivity contribution in [2.24, 2.45) is 0 Å². The molecule has 2 heterocycles. The Morgan fingerprint density at radius 3 is 2.68 bits per heavy atom. The summed E-state index contributed by atoms with van der Waals surface area (Å²) >= 11 is 1.68. The Bertz CT molecular complexity index is 938. The molecule has 4 rings (SSSR count). The maximum absolute atomic E-state index is 5.51. The Labute approximate surface area is 169 Å². The summed E-state index contributed by atoms with van der Waals surface area (Å²) in [6.07, 6.45) is 0. The van der Waals surface area contributed by atoms with E-state index >= 15 is 0 Å². The molecular formula is C21H24N4O2S. The highest BCUT2D eigenvalue weighted by Gasteiger charge is 2.22. The molecule has 1 saturated heterocycles. The molecular weight excluding hydrogens is 372 g/mol. The summed E-state index contributed by atoms with van der Waals surface area (Å²) in [7, 11) is 1.69. The maximum atomic E-state index is 5.51. The first-order valence-corrected chi connectivity index (χ1v) is 10.3. The van der Waals surface area contributed by atoms with Crippen LogP contribution >= 0.6 is 11.8 Å². The Kier molecular flexibility index (Phi) is 5.83. The van der Waals surface area contributed by atoms with E-state index in [1.807, 2.05) is 12.1 Å². The van der Waals surface area contributed by atoms with Crippen molar-refractivity contribution >= 4 is 17.7 Å². The molecule has 146 valence electrons. The van der Waals surface area contributed by atoms with E-state index in [4.69, 9.17) is 9.47 Å². The summed E-state index contributed by atoms with van der Waals surface area (Å²) in [4.78, 5) is 2.25. The molecule has 2 aromatic carbocycles. The van der Waals surface area contributed by atoms with Crippen LogP contribution in [0.25, 0.3) is 5.69 Å². The Hall–Kier alpha value is -2.51. The lowest BCUT2D eigenvalue weighted by Crippen LogP contribution is -2.38. The standard InChI is InChI=1S/C21H24N4O2S/c1-16-6-3-4-9-19(16)25-20(24-10-12-27-13-11-24)22-23-21(25)28-15-17-7-5-8-18(14-17)26-2/h3-9,14H,10-13,15H2,1-2H3. The van der Waals surface area contributed by atoms with Crippen LogP contribution in [0, 0.1) is 6.92 Å². The average molecular weight is 397 g/mol. The molecule has 7 heteroatoms. The van der Waals surface area contributed by atoms with E-state index in [1.54, 1.807) is 18.9 Å². The maximum Gasteiger partial charge on any atom is 0.232 e. The highest BCUT2D eigenvalue weighted by Crippen LogP contribution is 2.31. The van der Waals surface area contributed by atoms with Gasteiger partial charge in [0.1, 0.15) is 5.75 Å². The van der Waals surface area contributed by atoms with E-state index in [1.165, 1.54) is 11.1 Å². The molecule has 0 radical (unpaired) electrons. The number of morpholine rings is 1. The van der Waals surface area contributed by atoms with Crippen molar-refractivity contribution in [3.05, 3.63) is 59.7 Å². The third kappa shape index (κ3) is 4.00. The van der Waals surface area contributed by atoms with Gasteiger partial charge in [-0.2, -0.15) is 0 Å². The van der Waals surface area contributed by atoms with Crippen LogP contribution in [0.5, 0.6) is 5.75 Å². The zero-order valence-corrected chi connectivity index (χ0v) is 17.0. The molecule has 1 aromatic heterocycles. The smallest absolute Gasteiger partial charge is 0.232 e. The molecule has 1 fully saturated rings. The Balaban J connectivity index is 1.66. The van der Waals surface area contributed by atoms with Crippen LogP contribution in [0.3, 0.4) is 0 Å². The highest BCUT2D eigenvalue weighted by molar-refractivity contribution is 7.98. The molecule has 3 aromatic rings. The predicted octanol–water partition coefficient (Wildman–Crippen LogP) is 3.71. The van der Waals surface area contributed by atoms with E-state index in [0.29, 0.717) is 13.2 Å². The predicted molar refractivity (Wildman–Crippen MR) is 112 cm³/mol. The van der Waals surface area contributed by atoms with Crippen LogP contribution in [0.15, 0.2) is 53.7 Å². The minimum atomic E-state index is 0.715. The van der Waals surface area contributed by atoms with Crippen molar-refractivity contribution in [1.82, 2.24) is 14.8 Å². The van der Waals surface area contributed by atoms with E-state index in [9.17, 15) is 0 Å². The normalized spacial score (nSPS) is 14.3. The quantitative estimate of drug-likeness (QED) is 0.592. The Morgan fingerprint density at radius 1 is 1.07 bits per heavy atom. The molecule has 0 aliphatic carbocycles. The van der Waals surface area contributed by atoms with Crippen molar-refractivity contribution < 1.29 is 9.47 Å². The van der Waals surface area contributed by atoms with E-state index in [2.05, 4.69) is 63.0 Å². The van der Waals surface area contributed by atoms with Crippen LogP contribution in [0.2, 0.25) is 0 Å². The van der Waals surface area contributed by atoms with Gasteiger partial charge in [0.05, 0.1) is 26.0 Å². The largest absolute Gasteiger partial charge is 0.497 e. The van der Waals surface area contributed by atoms with Gasteiger partial charge in [-0.05, 0) is 36.2 Å². The number of nitrogens with zero attached hydrogens (tertiary/aromatic N) is 4. The van der Waals surface area contributed by atoms with Gasteiger partial charge in [-0.25, -0.2) is 0 Å². The first kappa shape index (κ1) is 18.8. The third-order valence-electron chi connectivity index (χ3n) is 4.77. The summed E-state index contributed by atoms with van der Waals surface area (Å²) in [5.74, 6) is 2.54. The molecule has 0 amide bonds. The summed E-state index contributed by atoms with van der Waals surface area (Å²) < 4.78 is 13.0. The molecule has 0 bridgehead atoms. The molecule has 6 nitrogen and oxygen atoms in total. The number of benzene rings is 2. The topological polar surface area (TPSA) is 52.4 Å². The number of hydrogen-bond acceptors (Lipinski definition) is 6. The van der Waals surface area contributed by atoms with Gasteiger partial charge in [0.2, 0.25) is 5.95 Å². The number of para-hydroxylation sites is 1. The van der Waals surface area contributed by atoms with Crippen LogP contribution in [0.1, 0.15) is 11.1 Å². The van der Waals surface area contributed by atoms with Crippen LogP contribution in [-0.2, 0) is 10.5 Å². The number of rotatable bonds is 6. The molecule has 0 N–H and O–H groups in total. The fourth-order valence-corrected chi connectivity index (χ4v) is 4.14. The van der Waals surface area contributed by atoms with Crippen LogP contribution in [0.4, 0.5) is 5.95 Å². The lowest BCUT2D eigenvalue weighted by molar-refractivity contribution is 0.122. The average Bonchev–Trinajstić information content (AvgIpc) is 3.17. The second-order valence-electron chi connectivity index (χ2n) is 6.64. The van der Waals surface area contributed by atoms with Gasteiger partial charge in [0.25, 0.3) is 0 Å². The van der Waals surface area contributed by atoms with Crippen molar-refractivity contribution in [1.29, 1.82) is 0 Å². The van der Waals surface area contributed by atoms with Gasteiger partial charge in [-0.3, -0.25) is 4.57 Å². The fourth-order valence-electron chi connectivity index (χ4n) is 3.26. The van der Waals surface area contributed by atoms with Crippen LogP contribution in [-0.4, -0.2) is 48.2 Å². The number of methoxy groups -OCH3 is 1. The molecule has 0 atom stereocenters. The number of aromatic nitrogens is 3. The second-order valence-corrected chi connectivity index (χ2v) is 7.59. The zero-order valence-electron chi connectivity index (χ0n) is 16.2. The monoisotopic (exact) mass is 396 g/mol. The van der Waals surface area contributed by atoms with Gasteiger partial charge in [-0.15, -0.1) is 10.2 Å². The lowest BCUT2D eigenvalue weighted by atomic mass is 10.2. The number of aryl methyl sites for hydroxylation is 1. The molecule has 0 spiro atoms. The number of ether oxygens (including phenoxy) is 2. The molecule has 1 aliphatic heterocycles. The second kappa shape index (κ2) is 8.67. The van der Waals surface area contributed by atoms with Gasteiger partial charge >= 0.3 is 0 Å². The summed E-state index contributed by atoms with van der Waals surface area (Å²) in [5.41, 5.74) is 3.50. The van der Waals surface area contributed by atoms with Crippen molar-refractivity contribution in [3.63, 3.8) is 0 Å². The summed E-state index contributed by atoms with van der Waals surface area (Å²) in [5, 5.41) is 9.96. The minimum absolute atomic E-state index is 0.715. The highest BCUT2D eigenvalue weighted by atomic mass is 32.2. The fraction of sp³-hybridized carbons (Fsp3) is 0.333. The molecule has 28 heavy (non-hydrogen) atoms. The molecule has 0 unspecified atom stereocenters. The number of hydrogen-bond donors (Lipinski definition) is 0. The molecule has 1 aliphatic rings. The third-order valence-corrected chi connectivity index (χ3v) is 5.77. The molecule has 0 saturated carbocycles. The van der Waals surface area contributed by atoms with Crippen LogP contribution < -0.4 is 9.64 Å². The van der Waals surface area contributed by atoms with Crippen molar-refractivity contribution in [3.8, 4) is 11.4 Å². The van der Waals surface area contributed by atoms with Crippen molar-refractivity contribution in [2.75, 3.05) is 38.3 Å². The minimum Gasteiger partial charge on any atom is -0.497 e. The van der Waals surface area contributed by atoms with Gasteiger partial charge in [-0.1, -0.05) is 42.1 Å². The van der Waals surface area contributed by atoms with Gasteiger partial charge in [0.15, 0.2) is 5.16 Å². The Morgan fingerprint density at radius 2 is 1.89 bits per heavy atom. The summed E-state index contributed by atoms with van der Waals surface area (Å²) in [6, 6.07) is 16.5. The van der Waals surface area contributed by atoms with Gasteiger partial charge < -0.3 is 14.4 Å². The van der Waals surface area contributed by atoms with E-state index < -0.39 is 0 Å². The van der Waals surface area contributed by atoms with E-state index in [0.717, 1.165) is 41.4 Å². The van der Waals surface area contributed by atoms with Crippen molar-refractivity contribution in [2.45, 2.75) is 17.8 Å².